The standard InChI is InChI=1S/C12H14Cl3NO2/c1-8(2)16(12(15)17)3-4-18-11-6-9(13)5-10(14)7-11/h5-8H,3-4H2,1-2H3. The van der Waals surface area contributed by atoms with Gasteiger partial charge in [0.2, 0.25) is 0 Å². The fourth-order valence-electron chi connectivity index (χ4n) is 1.42. The molecule has 6 heteroatoms. The Morgan fingerprint density at radius 3 is 2.28 bits per heavy atom. The number of rotatable bonds is 5. The second-order valence-electron chi connectivity index (χ2n) is 3.99. The van der Waals surface area contributed by atoms with Gasteiger partial charge in [0.25, 0.3) is 0 Å². The van der Waals surface area contributed by atoms with E-state index in [0.717, 1.165) is 0 Å². The molecule has 0 radical (unpaired) electrons. The number of halogens is 3. The number of ether oxygens (including phenoxy) is 1. The number of carbonyl (C=O) groups is 1. The van der Waals surface area contributed by atoms with Gasteiger partial charge in [0.1, 0.15) is 12.4 Å². The fraction of sp³-hybridized carbons (Fsp3) is 0.417. The second kappa shape index (κ2) is 7.07. The molecule has 0 aliphatic heterocycles. The first-order chi connectivity index (χ1) is 8.40. The largest absolute Gasteiger partial charge is 0.492 e. The Hall–Kier alpha value is -0.640. The van der Waals surface area contributed by atoms with Crippen LogP contribution in [0.3, 0.4) is 0 Å². The number of benzene rings is 1. The van der Waals surface area contributed by atoms with Crippen LogP contribution in [0.15, 0.2) is 18.2 Å². The third-order valence-electron chi connectivity index (χ3n) is 2.29. The molecule has 100 valence electrons. The lowest BCUT2D eigenvalue weighted by Gasteiger charge is -2.23. The van der Waals surface area contributed by atoms with Crippen LogP contribution < -0.4 is 4.74 Å². The van der Waals surface area contributed by atoms with Crippen molar-refractivity contribution in [2.24, 2.45) is 0 Å². The number of hydrogen-bond acceptors (Lipinski definition) is 2. The summed E-state index contributed by atoms with van der Waals surface area (Å²) in [5.41, 5.74) is 0. The Bertz CT molecular complexity index is 404. The predicted octanol–water partition coefficient (Wildman–Crippen LogP) is 4.44. The molecule has 1 rings (SSSR count). The highest BCUT2D eigenvalue weighted by atomic mass is 35.5. The van der Waals surface area contributed by atoms with E-state index in [1.165, 1.54) is 4.90 Å². The SMILES string of the molecule is CC(C)N(CCOc1cc(Cl)cc(Cl)c1)C(=O)Cl. The van der Waals surface area contributed by atoms with E-state index in [2.05, 4.69) is 0 Å². The van der Waals surface area contributed by atoms with Crippen molar-refractivity contribution in [3.05, 3.63) is 28.2 Å². The maximum absolute atomic E-state index is 11.1. The maximum Gasteiger partial charge on any atom is 0.316 e. The van der Waals surface area contributed by atoms with Crippen molar-refractivity contribution >= 4 is 40.2 Å². The molecule has 0 spiro atoms. The lowest BCUT2D eigenvalue weighted by molar-refractivity contribution is 0.186. The highest BCUT2D eigenvalue weighted by molar-refractivity contribution is 6.62. The minimum absolute atomic E-state index is 0.0292. The zero-order valence-corrected chi connectivity index (χ0v) is 12.4. The number of nitrogens with zero attached hydrogens (tertiary/aromatic N) is 1. The molecule has 0 saturated heterocycles. The van der Waals surface area contributed by atoms with Crippen LogP contribution in [0, 0.1) is 0 Å². The summed E-state index contributed by atoms with van der Waals surface area (Å²) in [5.74, 6) is 0.568. The van der Waals surface area contributed by atoms with Gasteiger partial charge in [-0.25, -0.2) is 0 Å². The molecule has 0 atom stereocenters. The van der Waals surface area contributed by atoms with Crippen LogP contribution >= 0.6 is 34.8 Å². The van der Waals surface area contributed by atoms with Crippen molar-refractivity contribution < 1.29 is 9.53 Å². The second-order valence-corrected chi connectivity index (χ2v) is 5.19. The zero-order chi connectivity index (χ0) is 13.7. The normalized spacial score (nSPS) is 10.6. The molecule has 0 saturated carbocycles. The Morgan fingerprint density at radius 1 is 1.28 bits per heavy atom. The quantitative estimate of drug-likeness (QED) is 0.594. The summed E-state index contributed by atoms with van der Waals surface area (Å²) >= 11 is 17.1. The van der Waals surface area contributed by atoms with Gasteiger partial charge in [0.05, 0.1) is 6.54 Å². The summed E-state index contributed by atoms with van der Waals surface area (Å²) in [6.45, 7) is 4.50. The smallest absolute Gasteiger partial charge is 0.316 e. The predicted molar refractivity (Wildman–Crippen MR) is 75.0 cm³/mol. The van der Waals surface area contributed by atoms with E-state index in [1.807, 2.05) is 13.8 Å². The monoisotopic (exact) mass is 309 g/mol. The van der Waals surface area contributed by atoms with Gasteiger partial charge in [-0.3, -0.25) is 4.79 Å². The Morgan fingerprint density at radius 2 is 1.83 bits per heavy atom. The van der Waals surface area contributed by atoms with E-state index in [1.54, 1.807) is 18.2 Å². The fourth-order valence-corrected chi connectivity index (χ4v) is 2.21. The molecular weight excluding hydrogens is 296 g/mol. The number of carbonyl (C=O) groups excluding carboxylic acids is 1. The van der Waals surface area contributed by atoms with Crippen molar-refractivity contribution in [3.63, 3.8) is 0 Å². The van der Waals surface area contributed by atoms with Crippen LogP contribution in [0.4, 0.5) is 4.79 Å². The third kappa shape index (κ3) is 4.92. The molecular formula is C12H14Cl3NO2. The molecule has 1 aromatic carbocycles. The van der Waals surface area contributed by atoms with E-state index < -0.39 is 5.37 Å². The molecule has 0 heterocycles. The van der Waals surface area contributed by atoms with Crippen LogP contribution in [0.2, 0.25) is 10.0 Å². The lowest BCUT2D eigenvalue weighted by Crippen LogP contribution is -2.36. The molecule has 0 fully saturated rings. The van der Waals surface area contributed by atoms with E-state index in [0.29, 0.717) is 28.9 Å². The molecule has 0 aliphatic carbocycles. The molecule has 1 aromatic rings. The van der Waals surface area contributed by atoms with E-state index >= 15 is 0 Å². The molecule has 0 bridgehead atoms. The number of amides is 1. The minimum atomic E-state index is -0.488. The minimum Gasteiger partial charge on any atom is -0.492 e. The highest BCUT2D eigenvalue weighted by Gasteiger charge is 2.14. The van der Waals surface area contributed by atoms with Crippen LogP contribution in [-0.2, 0) is 0 Å². The van der Waals surface area contributed by atoms with Gasteiger partial charge in [-0.2, -0.15) is 0 Å². The molecule has 0 aromatic heterocycles. The van der Waals surface area contributed by atoms with Gasteiger partial charge in [-0.05, 0) is 43.6 Å². The van der Waals surface area contributed by atoms with E-state index in [9.17, 15) is 4.79 Å². The molecule has 0 unspecified atom stereocenters. The first kappa shape index (κ1) is 15.4. The molecule has 18 heavy (non-hydrogen) atoms. The lowest BCUT2D eigenvalue weighted by atomic mass is 10.3. The summed E-state index contributed by atoms with van der Waals surface area (Å²) in [4.78, 5) is 12.6. The Labute approximate surface area is 122 Å². The van der Waals surface area contributed by atoms with Crippen LogP contribution in [-0.4, -0.2) is 29.5 Å². The topological polar surface area (TPSA) is 29.5 Å². The van der Waals surface area contributed by atoms with Crippen molar-refractivity contribution in [1.29, 1.82) is 0 Å². The van der Waals surface area contributed by atoms with Gasteiger partial charge < -0.3 is 9.64 Å². The van der Waals surface area contributed by atoms with Crippen molar-refractivity contribution in [2.45, 2.75) is 19.9 Å². The first-order valence-corrected chi connectivity index (χ1v) is 6.58. The van der Waals surface area contributed by atoms with Gasteiger partial charge in [0, 0.05) is 16.1 Å². The molecule has 1 amide bonds. The maximum atomic E-state index is 11.1. The summed E-state index contributed by atoms with van der Waals surface area (Å²) < 4.78 is 5.48. The first-order valence-electron chi connectivity index (χ1n) is 5.45. The van der Waals surface area contributed by atoms with Gasteiger partial charge >= 0.3 is 5.37 Å². The summed E-state index contributed by atoms with van der Waals surface area (Å²) in [6, 6.07) is 4.98. The zero-order valence-electron chi connectivity index (χ0n) is 10.1. The van der Waals surface area contributed by atoms with Crippen molar-refractivity contribution in [3.8, 4) is 5.75 Å². The van der Waals surface area contributed by atoms with Gasteiger partial charge in [-0.15, -0.1) is 0 Å². The van der Waals surface area contributed by atoms with Crippen molar-refractivity contribution in [2.75, 3.05) is 13.2 Å². The molecule has 0 aliphatic rings. The van der Waals surface area contributed by atoms with E-state index in [4.69, 9.17) is 39.5 Å². The van der Waals surface area contributed by atoms with Crippen LogP contribution in [0.25, 0.3) is 0 Å². The summed E-state index contributed by atoms with van der Waals surface area (Å²) in [5, 5.41) is 0.524. The summed E-state index contributed by atoms with van der Waals surface area (Å²) in [7, 11) is 0. The molecule has 3 nitrogen and oxygen atoms in total. The average Bonchev–Trinajstić information content (AvgIpc) is 2.21. The Balaban J connectivity index is 2.52. The third-order valence-corrected chi connectivity index (χ3v) is 2.94. The number of hydrogen-bond donors (Lipinski definition) is 0. The van der Waals surface area contributed by atoms with Crippen LogP contribution in [0.5, 0.6) is 5.75 Å². The molecule has 0 N–H and O–H groups in total. The Kier molecular flexibility index (Phi) is 6.06. The van der Waals surface area contributed by atoms with Crippen molar-refractivity contribution in [1.82, 2.24) is 4.90 Å². The van der Waals surface area contributed by atoms with Gasteiger partial charge in [-0.1, -0.05) is 23.2 Å². The average molecular weight is 311 g/mol. The van der Waals surface area contributed by atoms with E-state index in [-0.39, 0.29) is 6.04 Å². The summed E-state index contributed by atoms with van der Waals surface area (Å²) in [6.07, 6.45) is 0. The highest BCUT2D eigenvalue weighted by Crippen LogP contribution is 2.24. The van der Waals surface area contributed by atoms with Crippen LogP contribution in [0.1, 0.15) is 13.8 Å². The van der Waals surface area contributed by atoms with Gasteiger partial charge in [0.15, 0.2) is 0 Å².